The second-order valence-corrected chi connectivity index (χ2v) is 3.71. The minimum absolute atomic E-state index is 0.500. The summed E-state index contributed by atoms with van der Waals surface area (Å²) in [6.45, 7) is 6.51. The predicted octanol–water partition coefficient (Wildman–Crippen LogP) is 2.93. The van der Waals surface area contributed by atoms with E-state index in [0.29, 0.717) is 6.04 Å². The summed E-state index contributed by atoms with van der Waals surface area (Å²) < 4.78 is 2.26. The first kappa shape index (κ1) is 8.30. The van der Waals surface area contributed by atoms with Gasteiger partial charge in [0.05, 0.1) is 11.7 Å². The highest BCUT2D eigenvalue weighted by Gasteiger charge is 2.06. The van der Waals surface area contributed by atoms with Crippen molar-refractivity contribution < 1.29 is 0 Å². The Morgan fingerprint density at radius 1 is 1.38 bits per heavy atom. The number of nitrogens with zero attached hydrogens (tertiary/aromatic N) is 2. The van der Waals surface area contributed by atoms with E-state index in [1.807, 2.05) is 12.4 Å². The van der Waals surface area contributed by atoms with Gasteiger partial charge < -0.3 is 4.57 Å². The molecule has 0 saturated carbocycles. The fraction of sp³-hybridized carbons (Fsp3) is 0.364. The molecule has 0 amide bonds. The van der Waals surface area contributed by atoms with Crippen LogP contribution in [0.3, 0.4) is 0 Å². The normalized spacial score (nSPS) is 11.4. The summed E-state index contributed by atoms with van der Waals surface area (Å²) in [5.41, 5.74) is 2.56. The summed E-state index contributed by atoms with van der Waals surface area (Å²) in [5, 5.41) is 1.31. The zero-order valence-electron chi connectivity index (χ0n) is 8.28. The summed E-state index contributed by atoms with van der Waals surface area (Å²) in [7, 11) is 0. The Bertz CT molecular complexity index is 427. The lowest BCUT2D eigenvalue weighted by Crippen LogP contribution is -1.97. The zero-order valence-corrected chi connectivity index (χ0v) is 8.28. The standard InChI is InChI=1S/C11H14N2/c1-8(2)13-7-9(3)10-4-5-12-6-11(10)13/h4-8H,1-3H3. The van der Waals surface area contributed by atoms with E-state index in [1.165, 1.54) is 16.5 Å². The van der Waals surface area contributed by atoms with E-state index < -0.39 is 0 Å². The van der Waals surface area contributed by atoms with Crippen LogP contribution < -0.4 is 0 Å². The minimum Gasteiger partial charge on any atom is -0.343 e. The lowest BCUT2D eigenvalue weighted by atomic mass is 10.2. The first-order valence-corrected chi connectivity index (χ1v) is 4.61. The van der Waals surface area contributed by atoms with Gasteiger partial charge >= 0.3 is 0 Å². The second kappa shape index (κ2) is 2.87. The number of aryl methyl sites for hydroxylation is 1. The SMILES string of the molecule is Cc1cn(C(C)C)c2cnccc12. The molecule has 0 unspecified atom stereocenters. The van der Waals surface area contributed by atoms with Crippen molar-refractivity contribution in [2.45, 2.75) is 26.8 Å². The molecule has 0 spiro atoms. The lowest BCUT2D eigenvalue weighted by molar-refractivity contribution is 0.621. The molecule has 0 radical (unpaired) electrons. The van der Waals surface area contributed by atoms with Crippen LogP contribution in [0.25, 0.3) is 10.9 Å². The van der Waals surface area contributed by atoms with Gasteiger partial charge in [0.15, 0.2) is 0 Å². The Kier molecular flexibility index (Phi) is 1.83. The van der Waals surface area contributed by atoms with Gasteiger partial charge in [-0.1, -0.05) is 0 Å². The van der Waals surface area contributed by atoms with Gasteiger partial charge in [-0.15, -0.1) is 0 Å². The molecule has 13 heavy (non-hydrogen) atoms. The Morgan fingerprint density at radius 2 is 2.15 bits per heavy atom. The number of aromatic nitrogens is 2. The van der Waals surface area contributed by atoms with E-state index in [9.17, 15) is 0 Å². The predicted molar refractivity (Wildman–Crippen MR) is 54.9 cm³/mol. The van der Waals surface area contributed by atoms with Crippen LogP contribution in [0.15, 0.2) is 24.7 Å². The van der Waals surface area contributed by atoms with Crippen LogP contribution in [0.5, 0.6) is 0 Å². The van der Waals surface area contributed by atoms with Crippen molar-refractivity contribution in [2.24, 2.45) is 0 Å². The summed E-state index contributed by atoms with van der Waals surface area (Å²) in [4.78, 5) is 4.15. The molecular formula is C11H14N2. The van der Waals surface area contributed by atoms with E-state index in [-0.39, 0.29) is 0 Å². The van der Waals surface area contributed by atoms with Crippen molar-refractivity contribution in [3.63, 3.8) is 0 Å². The molecule has 2 rings (SSSR count). The number of pyridine rings is 1. The van der Waals surface area contributed by atoms with Crippen LogP contribution in [0.1, 0.15) is 25.5 Å². The molecule has 0 fully saturated rings. The summed E-state index contributed by atoms with van der Waals surface area (Å²) in [5.74, 6) is 0. The average Bonchev–Trinajstić information content (AvgIpc) is 2.45. The van der Waals surface area contributed by atoms with Crippen molar-refractivity contribution in [1.82, 2.24) is 9.55 Å². The smallest absolute Gasteiger partial charge is 0.0671 e. The van der Waals surface area contributed by atoms with E-state index >= 15 is 0 Å². The van der Waals surface area contributed by atoms with Crippen LogP contribution in [0.2, 0.25) is 0 Å². The molecular weight excluding hydrogens is 160 g/mol. The van der Waals surface area contributed by atoms with Crippen LogP contribution in [-0.2, 0) is 0 Å². The zero-order chi connectivity index (χ0) is 9.42. The monoisotopic (exact) mass is 174 g/mol. The maximum atomic E-state index is 4.15. The number of hydrogen-bond acceptors (Lipinski definition) is 1. The third-order valence-electron chi connectivity index (χ3n) is 2.39. The Balaban J connectivity index is 2.78. The molecule has 0 aliphatic rings. The molecule has 0 bridgehead atoms. The summed E-state index contributed by atoms with van der Waals surface area (Å²) >= 11 is 0. The van der Waals surface area contributed by atoms with Crippen LogP contribution in [-0.4, -0.2) is 9.55 Å². The first-order valence-electron chi connectivity index (χ1n) is 4.61. The van der Waals surface area contributed by atoms with Gasteiger partial charge in [0.1, 0.15) is 0 Å². The van der Waals surface area contributed by atoms with E-state index in [2.05, 4.69) is 42.6 Å². The van der Waals surface area contributed by atoms with Gasteiger partial charge in [-0.25, -0.2) is 0 Å². The molecule has 0 atom stereocenters. The first-order chi connectivity index (χ1) is 6.20. The minimum atomic E-state index is 0.500. The van der Waals surface area contributed by atoms with Crippen LogP contribution >= 0.6 is 0 Å². The van der Waals surface area contributed by atoms with Gasteiger partial charge in [-0.05, 0) is 32.4 Å². The Hall–Kier alpha value is -1.31. The number of hydrogen-bond donors (Lipinski definition) is 0. The number of fused-ring (bicyclic) bond motifs is 1. The highest BCUT2D eigenvalue weighted by molar-refractivity contribution is 5.82. The fourth-order valence-electron chi connectivity index (χ4n) is 1.70. The molecule has 2 aromatic heterocycles. The van der Waals surface area contributed by atoms with E-state index in [4.69, 9.17) is 0 Å². The van der Waals surface area contributed by atoms with Crippen LogP contribution in [0.4, 0.5) is 0 Å². The summed E-state index contributed by atoms with van der Waals surface area (Å²) in [6.07, 6.45) is 5.97. The van der Waals surface area contributed by atoms with Gasteiger partial charge in [0.2, 0.25) is 0 Å². The quantitative estimate of drug-likeness (QED) is 0.650. The van der Waals surface area contributed by atoms with Crippen molar-refractivity contribution in [1.29, 1.82) is 0 Å². The Labute approximate surface area is 78.2 Å². The summed E-state index contributed by atoms with van der Waals surface area (Å²) in [6, 6.07) is 2.57. The highest BCUT2D eigenvalue weighted by Crippen LogP contribution is 2.22. The largest absolute Gasteiger partial charge is 0.343 e. The molecule has 0 aliphatic carbocycles. The molecule has 0 saturated heterocycles. The molecule has 0 N–H and O–H groups in total. The molecule has 0 aromatic carbocycles. The molecule has 68 valence electrons. The van der Waals surface area contributed by atoms with Gasteiger partial charge in [-0.3, -0.25) is 4.98 Å². The van der Waals surface area contributed by atoms with E-state index in [0.717, 1.165) is 0 Å². The van der Waals surface area contributed by atoms with Crippen molar-refractivity contribution >= 4 is 10.9 Å². The van der Waals surface area contributed by atoms with E-state index in [1.54, 1.807) is 0 Å². The maximum absolute atomic E-state index is 4.15. The fourth-order valence-corrected chi connectivity index (χ4v) is 1.70. The lowest BCUT2D eigenvalue weighted by Gasteiger charge is -2.07. The highest BCUT2D eigenvalue weighted by atomic mass is 15.0. The van der Waals surface area contributed by atoms with Crippen molar-refractivity contribution in [3.05, 3.63) is 30.2 Å². The molecule has 2 heterocycles. The van der Waals surface area contributed by atoms with Crippen molar-refractivity contribution in [3.8, 4) is 0 Å². The molecule has 2 nitrogen and oxygen atoms in total. The van der Waals surface area contributed by atoms with Gasteiger partial charge in [-0.2, -0.15) is 0 Å². The van der Waals surface area contributed by atoms with Crippen molar-refractivity contribution in [2.75, 3.05) is 0 Å². The second-order valence-electron chi connectivity index (χ2n) is 3.71. The topological polar surface area (TPSA) is 17.8 Å². The number of rotatable bonds is 1. The van der Waals surface area contributed by atoms with Crippen LogP contribution in [0, 0.1) is 6.92 Å². The molecule has 2 heteroatoms. The molecule has 0 aliphatic heterocycles. The van der Waals surface area contributed by atoms with Gasteiger partial charge in [0, 0.05) is 23.8 Å². The third kappa shape index (κ3) is 1.22. The van der Waals surface area contributed by atoms with Gasteiger partial charge in [0.25, 0.3) is 0 Å². The Morgan fingerprint density at radius 3 is 2.85 bits per heavy atom. The third-order valence-corrected chi connectivity index (χ3v) is 2.39. The average molecular weight is 174 g/mol. The maximum Gasteiger partial charge on any atom is 0.0671 e. The molecule has 2 aromatic rings.